The highest BCUT2D eigenvalue weighted by molar-refractivity contribution is 7.89. The van der Waals surface area contributed by atoms with E-state index >= 15 is 0 Å². The highest BCUT2D eigenvalue weighted by atomic mass is 32.2. The molecule has 0 spiro atoms. The van der Waals surface area contributed by atoms with Crippen molar-refractivity contribution in [1.82, 2.24) is 14.7 Å². The summed E-state index contributed by atoms with van der Waals surface area (Å²) in [7, 11) is -4.24. The van der Waals surface area contributed by atoms with Crippen molar-refractivity contribution in [2.45, 2.75) is 24.0 Å². The second kappa shape index (κ2) is 4.34. The Bertz CT molecular complexity index is 446. The van der Waals surface area contributed by atoms with Crippen LogP contribution in [0.2, 0.25) is 0 Å². The van der Waals surface area contributed by atoms with Crippen LogP contribution in [0, 0.1) is 0 Å². The molecule has 5 nitrogen and oxygen atoms in total. The maximum Gasteiger partial charge on any atom is 0.404 e. The van der Waals surface area contributed by atoms with Crippen molar-refractivity contribution in [1.29, 1.82) is 0 Å². The fourth-order valence-electron chi connectivity index (χ4n) is 0.792. The number of rotatable bonds is 3. The lowest BCUT2D eigenvalue weighted by atomic mass is 10.4. The first-order valence-electron chi connectivity index (χ1n) is 4.07. The summed E-state index contributed by atoms with van der Waals surface area (Å²) >= 11 is 0. The Morgan fingerprint density at radius 1 is 1.31 bits per heavy atom. The van der Waals surface area contributed by atoms with Crippen LogP contribution in [0.3, 0.4) is 0 Å². The third-order valence-corrected chi connectivity index (χ3v) is 3.17. The average Bonchev–Trinajstić information content (AvgIpc) is 2.17. The molecule has 0 amide bonds. The Balaban J connectivity index is 2.90. The van der Waals surface area contributed by atoms with Crippen LogP contribution in [0.1, 0.15) is 6.92 Å². The Kier molecular flexibility index (Phi) is 3.48. The van der Waals surface area contributed by atoms with E-state index in [9.17, 15) is 21.6 Å². The molecule has 1 N–H and O–H groups in total. The van der Waals surface area contributed by atoms with E-state index in [1.807, 2.05) is 0 Å². The number of halogens is 3. The van der Waals surface area contributed by atoms with Gasteiger partial charge in [0, 0.05) is 0 Å². The van der Waals surface area contributed by atoms with Gasteiger partial charge in [-0.25, -0.2) is 18.4 Å². The molecule has 0 aromatic carbocycles. The van der Waals surface area contributed by atoms with E-state index in [1.54, 1.807) is 0 Å². The topological polar surface area (TPSA) is 72.0 Å². The normalized spacial score (nSPS) is 14.8. The molecule has 16 heavy (non-hydrogen) atoms. The van der Waals surface area contributed by atoms with E-state index < -0.39 is 27.1 Å². The monoisotopic (exact) mass is 255 g/mol. The van der Waals surface area contributed by atoms with Gasteiger partial charge < -0.3 is 0 Å². The molecular formula is C7H8F3N3O2S. The molecular weight excluding hydrogens is 247 g/mol. The number of hydrogen-bond donors (Lipinski definition) is 1. The van der Waals surface area contributed by atoms with Crippen LogP contribution in [-0.2, 0) is 10.0 Å². The number of nitrogens with zero attached hydrogens (tertiary/aromatic N) is 2. The molecule has 1 aromatic heterocycles. The summed E-state index contributed by atoms with van der Waals surface area (Å²) in [6, 6.07) is -2.17. The van der Waals surface area contributed by atoms with Crippen molar-refractivity contribution in [2.24, 2.45) is 0 Å². The standard InChI is InChI=1S/C7H8F3N3O2S/c1-5(7(8,9)10)13-16(14,15)6-2-11-4-12-3-6/h2-5,13H,1H3/t5-/m1/s1. The van der Waals surface area contributed by atoms with Gasteiger partial charge in [-0.05, 0) is 6.92 Å². The molecule has 9 heteroatoms. The zero-order valence-electron chi connectivity index (χ0n) is 8.06. The van der Waals surface area contributed by atoms with Gasteiger partial charge in [-0.2, -0.15) is 17.9 Å². The molecule has 0 aliphatic rings. The Morgan fingerprint density at radius 3 is 2.25 bits per heavy atom. The number of aromatic nitrogens is 2. The van der Waals surface area contributed by atoms with E-state index in [2.05, 4.69) is 9.97 Å². The average molecular weight is 255 g/mol. The van der Waals surface area contributed by atoms with Crippen molar-refractivity contribution >= 4 is 10.0 Å². The van der Waals surface area contributed by atoms with E-state index in [4.69, 9.17) is 0 Å². The van der Waals surface area contributed by atoms with Crippen molar-refractivity contribution < 1.29 is 21.6 Å². The van der Waals surface area contributed by atoms with Gasteiger partial charge in [-0.1, -0.05) is 0 Å². The summed E-state index contributed by atoms with van der Waals surface area (Å²) in [5, 5.41) is 0. The van der Waals surface area contributed by atoms with Crippen LogP contribution in [0.25, 0.3) is 0 Å². The van der Waals surface area contributed by atoms with E-state index in [0.29, 0.717) is 6.92 Å². The molecule has 1 heterocycles. The number of hydrogen-bond acceptors (Lipinski definition) is 4. The summed E-state index contributed by atoms with van der Waals surface area (Å²) in [5.41, 5.74) is 0. The van der Waals surface area contributed by atoms with Gasteiger partial charge in [-0.15, -0.1) is 0 Å². The molecule has 1 aromatic rings. The molecule has 0 saturated carbocycles. The molecule has 0 unspecified atom stereocenters. The first-order chi connectivity index (χ1) is 7.23. The molecule has 0 aliphatic heterocycles. The van der Waals surface area contributed by atoms with Crippen LogP contribution in [0.5, 0.6) is 0 Å². The van der Waals surface area contributed by atoms with Crippen LogP contribution in [0.15, 0.2) is 23.6 Å². The van der Waals surface area contributed by atoms with Gasteiger partial charge in [0.05, 0.1) is 12.4 Å². The fraction of sp³-hybridized carbons (Fsp3) is 0.429. The number of nitrogens with one attached hydrogen (secondary N) is 1. The second-order valence-corrected chi connectivity index (χ2v) is 4.67. The predicted molar refractivity (Wildman–Crippen MR) is 47.9 cm³/mol. The first kappa shape index (κ1) is 12.8. The minimum absolute atomic E-state index is 0.411. The van der Waals surface area contributed by atoms with E-state index in [1.165, 1.54) is 4.72 Å². The largest absolute Gasteiger partial charge is 0.404 e. The van der Waals surface area contributed by atoms with Crippen molar-refractivity contribution in [3.63, 3.8) is 0 Å². The Morgan fingerprint density at radius 2 is 1.81 bits per heavy atom. The molecule has 0 aliphatic carbocycles. The van der Waals surface area contributed by atoms with Gasteiger partial charge in [0.15, 0.2) is 0 Å². The van der Waals surface area contributed by atoms with Crippen molar-refractivity contribution in [3.8, 4) is 0 Å². The molecule has 0 bridgehead atoms. The lowest BCUT2D eigenvalue weighted by Crippen LogP contribution is -2.43. The van der Waals surface area contributed by atoms with Crippen LogP contribution in [-0.4, -0.2) is 30.6 Å². The first-order valence-corrected chi connectivity index (χ1v) is 5.56. The lowest BCUT2D eigenvalue weighted by molar-refractivity contribution is -0.147. The molecule has 0 fully saturated rings. The molecule has 90 valence electrons. The summed E-state index contributed by atoms with van der Waals surface area (Å²) in [4.78, 5) is 6.41. The van der Waals surface area contributed by atoms with E-state index in [-0.39, 0.29) is 0 Å². The Hall–Kier alpha value is -1.22. The maximum atomic E-state index is 12.1. The molecule has 1 rings (SSSR count). The zero-order valence-corrected chi connectivity index (χ0v) is 8.88. The summed E-state index contributed by atoms with van der Waals surface area (Å²) in [5.74, 6) is 0. The third-order valence-electron chi connectivity index (χ3n) is 1.67. The van der Waals surface area contributed by atoms with Gasteiger partial charge in [0.1, 0.15) is 17.3 Å². The maximum absolute atomic E-state index is 12.1. The predicted octanol–water partition coefficient (Wildman–Crippen LogP) is 0.706. The van der Waals surface area contributed by atoms with Crippen LogP contribution < -0.4 is 4.72 Å². The van der Waals surface area contributed by atoms with Gasteiger partial charge in [0.25, 0.3) is 0 Å². The number of alkyl halides is 3. The van der Waals surface area contributed by atoms with Crippen molar-refractivity contribution in [3.05, 3.63) is 18.7 Å². The van der Waals surface area contributed by atoms with Crippen LogP contribution in [0.4, 0.5) is 13.2 Å². The SMILES string of the molecule is C[C@@H](NS(=O)(=O)c1cncnc1)C(F)(F)F. The third kappa shape index (κ3) is 3.14. The van der Waals surface area contributed by atoms with Crippen LogP contribution >= 0.6 is 0 Å². The Labute approximate surface area is 89.8 Å². The van der Waals surface area contributed by atoms with E-state index in [0.717, 1.165) is 18.7 Å². The zero-order chi connectivity index (χ0) is 12.4. The molecule has 1 atom stereocenters. The highest BCUT2D eigenvalue weighted by Gasteiger charge is 2.38. The summed E-state index contributed by atoms with van der Waals surface area (Å²) in [6.07, 6.45) is -1.73. The molecule has 0 radical (unpaired) electrons. The highest BCUT2D eigenvalue weighted by Crippen LogP contribution is 2.21. The smallest absolute Gasteiger partial charge is 0.243 e. The summed E-state index contributed by atoms with van der Waals surface area (Å²) in [6.45, 7) is 0.710. The van der Waals surface area contributed by atoms with Crippen molar-refractivity contribution in [2.75, 3.05) is 0 Å². The van der Waals surface area contributed by atoms with Gasteiger partial charge >= 0.3 is 6.18 Å². The second-order valence-electron chi connectivity index (χ2n) is 2.96. The number of sulfonamides is 1. The minimum atomic E-state index is -4.64. The lowest BCUT2D eigenvalue weighted by Gasteiger charge is -2.16. The van der Waals surface area contributed by atoms with Gasteiger partial charge in [-0.3, -0.25) is 0 Å². The minimum Gasteiger partial charge on any atom is -0.243 e. The van der Waals surface area contributed by atoms with Gasteiger partial charge in [0.2, 0.25) is 10.0 Å². The molecule has 0 saturated heterocycles. The fourth-order valence-corrected chi connectivity index (χ4v) is 1.93. The quantitative estimate of drug-likeness (QED) is 0.863. The summed E-state index contributed by atoms with van der Waals surface area (Å²) < 4.78 is 60.7.